The van der Waals surface area contributed by atoms with E-state index >= 15 is 4.79 Å². The Bertz CT molecular complexity index is 1820. The third kappa shape index (κ3) is 6.70. The molecular formula is C40H45IN2O6Si. The molecule has 0 saturated carbocycles. The van der Waals surface area contributed by atoms with Crippen LogP contribution in [-0.2, 0) is 33.0 Å². The number of hydrogen-bond donors (Lipinski definition) is 1. The van der Waals surface area contributed by atoms with Crippen molar-refractivity contribution in [3.8, 4) is 11.5 Å². The van der Waals surface area contributed by atoms with Crippen molar-refractivity contribution in [3.63, 3.8) is 0 Å². The van der Waals surface area contributed by atoms with E-state index in [1.165, 1.54) is 5.19 Å². The fraction of sp³-hybridized carbons (Fsp3) is 0.350. The summed E-state index contributed by atoms with van der Waals surface area (Å²) in [5, 5.41) is 11.2. The summed E-state index contributed by atoms with van der Waals surface area (Å²) in [6.07, 6.45) is -0.473. The van der Waals surface area contributed by atoms with Gasteiger partial charge in [0.1, 0.15) is 11.5 Å². The number of nitrogens with zero attached hydrogens (tertiary/aromatic N) is 2. The van der Waals surface area contributed by atoms with E-state index in [1.54, 1.807) is 19.1 Å². The fourth-order valence-electron chi connectivity index (χ4n) is 8.07. The van der Waals surface area contributed by atoms with E-state index in [1.807, 2.05) is 77.7 Å². The first-order chi connectivity index (χ1) is 24.0. The van der Waals surface area contributed by atoms with Crippen LogP contribution in [-0.4, -0.2) is 63.4 Å². The van der Waals surface area contributed by atoms with Gasteiger partial charge in [-0.25, -0.2) is 0 Å². The molecule has 2 aliphatic rings. The Morgan fingerprint density at radius 1 is 0.940 bits per heavy atom. The number of benzene rings is 4. The molecule has 0 bridgehead atoms. The maximum atomic E-state index is 15.1. The third-order valence-electron chi connectivity index (χ3n) is 10.6. The van der Waals surface area contributed by atoms with Gasteiger partial charge in [-0.15, -0.1) is 0 Å². The van der Waals surface area contributed by atoms with Crippen molar-refractivity contribution >= 4 is 53.4 Å². The monoisotopic (exact) mass is 804 g/mol. The Labute approximate surface area is 309 Å². The largest absolute Gasteiger partial charge is 0.497 e. The first kappa shape index (κ1) is 36.1. The van der Waals surface area contributed by atoms with Gasteiger partial charge in [0.25, 0.3) is 5.91 Å². The van der Waals surface area contributed by atoms with Gasteiger partial charge < -0.3 is 29.1 Å². The van der Waals surface area contributed by atoms with Gasteiger partial charge in [0.15, 0.2) is 5.60 Å². The number of ether oxygens (including phenoxy) is 3. The topological polar surface area (TPSA) is 88.5 Å². The van der Waals surface area contributed by atoms with Crippen LogP contribution in [0, 0.1) is 9.49 Å². The molecule has 1 N–H and O–H groups in total. The van der Waals surface area contributed by atoms with Gasteiger partial charge in [-0.3, -0.25) is 9.59 Å². The van der Waals surface area contributed by atoms with Crippen LogP contribution in [0.3, 0.4) is 0 Å². The molecule has 4 aromatic rings. The summed E-state index contributed by atoms with van der Waals surface area (Å²) in [5.74, 6) is 0.903. The lowest BCUT2D eigenvalue weighted by molar-refractivity contribution is -0.150. The molecule has 2 aliphatic heterocycles. The van der Waals surface area contributed by atoms with Crippen LogP contribution in [0.15, 0.2) is 97.1 Å². The summed E-state index contributed by atoms with van der Waals surface area (Å²) >= 11 is 2.28. The fourth-order valence-corrected chi connectivity index (χ4v) is 12.4. The number of methoxy groups -OCH3 is 2. The third-order valence-corrected chi connectivity index (χ3v) is 15.7. The first-order valence-electron chi connectivity index (χ1n) is 17.0. The Morgan fingerprint density at radius 3 is 2.24 bits per heavy atom. The molecule has 1 fully saturated rings. The van der Waals surface area contributed by atoms with Crippen molar-refractivity contribution in [2.45, 2.75) is 56.8 Å². The number of aliphatic hydroxyl groups is 1. The van der Waals surface area contributed by atoms with Gasteiger partial charge in [0.2, 0.25) is 5.91 Å². The van der Waals surface area contributed by atoms with Gasteiger partial charge in [-0.2, -0.15) is 0 Å². The average Bonchev–Trinajstić information content (AvgIpc) is 3.55. The minimum atomic E-state index is -2.47. The first-order valence-corrected chi connectivity index (χ1v) is 21.2. The molecule has 1 saturated heterocycles. The minimum Gasteiger partial charge on any atom is -0.497 e. The van der Waals surface area contributed by atoms with Crippen LogP contribution in [0.2, 0.25) is 18.6 Å². The van der Waals surface area contributed by atoms with E-state index < -0.39 is 19.8 Å². The molecule has 10 heteroatoms. The zero-order valence-electron chi connectivity index (χ0n) is 29.3. The highest BCUT2D eigenvalue weighted by Gasteiger charge is 2.66. The lowest BCUT2D eigenvalue weighted by atomic mass is 9.82. The predicted octanol–water partition coefficient (Wildman–Crippen LogP) is 6.48. The van der Waals surface area contributed by atoms with Crippen molar-refractivity contribution in [2.75, 3.05) is 32.3 Å². The van der Waals surface area contributed by atoms with Crippen LogP contribution < -0.4 is 19.6 Å². The summed E-state index contributed by atoms with van der Waals surface area (Å²) in [4.78, 5) is 32.9. The maximum absolute atomic E-state index is 15.1. The molecule has 4 aromatic carbocycles. The van der Waals surface area contributed by atoms with E-state index in [-0.39, 0.29) is 42.8 Å². The Hall–Kier alpha value is -3.71. The highest BCUT2D eigenvalue weighted by Crippen LogP contribution is 2.60. The van der Waals surface area contributed by atoms with E-state index in [4.69, 9.17) is 14.2 Å². The zero-order chi connectivity index (χ0) is 35.6. The smallest absolute Gasteiger partial charge is 0.264 e. The van der Waals surface area contributed by atoms with Crippen molar-refractivity contribution in [3.05, 3.63) is 117 Å². The molecule has 262 valence electrons. The average molecular weight is 805 g/mol. The summed E-state index contributed by atoms with van der Waals surface area (Å²) in [7, 11) is 0.806. The highest BCUT2D eigenvalue weighted by molar-refractivity contribution is 14.1. The normalized spacial score (nSPS) is 21.4. The molecule has 2 heterocycles. The van der Waals surface area contributed by atoms with Crippen LogP contribution in [0.25, 0.3) is 0 Å². The van der Waals surface area contributed by atoms with E-state index in [9.17, 15) is 9.90 Å². The molecule has 0 aromatic heterocycles. The van der Waals surface area contributed by atoms with Crippen molar-refractivity contribution in [1.82, 2.24) is 4.90 Å². The second-order valence-corrected chi connectivity index (χ2v) is 19.7. The summed E-state index contributed by atoms with van der Waals surface area (Å²) in [6, 6.07) is 32.0. The number of fused-ring (bicyclic) bond motifs is 2. The van der Waals surface area contributed by atoms with Gasteiger partial charge in [-0.1, -0.05) is 79.8 Å². The second-order valence-electron chi connectivity index (χ2n) is 13.8. The molecule has 0 radical (unpaired) electrons. The number of rotatable bonds is 12. The maximum Gasteiger partial charge on any atom is 0.264 e. The summed E-state index contributed by atoms with van der Waals surface area (Å²) in [5.41, 5.74) is 2.13. The van der Waals surface area contributed by atoms with E-state index in [2.05, 4.69) is 66.9 Å². The molecule has 1 spiro atoms. The van der Waals surface area contributed by atoms with Crippen LogP contribution >= 0.6 is 22.6 Å². The molecular weight excluding hydrogens is 759 g/mol. The second kappa shape index (κ2) is 14.9. The van der Waals surface area contributed by atoms with E-state index in [0.717, 1.165) is 31.7 Å². The van der Waals surface area contributed by atoms with Gasteiger partial charge in [0.05, 0.1) is 53.7 Å². The lowest BCUT2D eigenvalue weighted by Crippen LogP contribution is -2.52. The molecule has 4 atom stereocenters. The number of aliphatic hydroxyl groups excluding tert-OH is 1. The quantitative estimate of drug-likeness (QED) is 0.130. The molecule has 0 unspecified atom stereocenters. The highest BCUT2D eigenvalue weighted by atomic mass is 127. The van der Waals surface area contributed by atoms with E-state index in [0.29, 0.717) is 18.8 Å². The number of carbonyl (C=O) groups is 2. The van der Waals surface area contributed by atoms with Crippen molar-refractivity contribution in [2.24, 2.45) is 5.92 Å². The molecule has 8 nitrogen and oxygen atoms in total. The number of amides is 2. The number of halogens is 1. The molecule has 6 rings (SSSR count). The van der Waals surface area contributed by atoms with Crippen molar-refractivity contribution < 1.29 is 28.9 Å². The van der Waals surface area contributed by atoms with Crippen LogP contribution in [0.5, 0.6) is 11.5 Å². The predicted molar refractivity (Wildman–Crippen MR) is 206 cm³/mol. The van der Waals surface area contributed by atoms with Crippen molar-refractivity contribution in [1.29, 1.82) is 0 Å². The number of carbonyl (C=O) groups excluding carboxylic acids is 2. The summed E-state index contributed by atoms with van der Waals surface area (Å²) in [6.45, 7) is 7.55. The molecule has 2 amide bonds. The molecule has 50 heavy (non-hydrogen) atoms. The SMILES string of the molecule is COc1ccc([Si](C)(C)[C@H]2[C@H](CC(=O)N(CCO)Cc3ccccc3)O[C@@]3(C(=O)N(Cc4ccc(I)cc4)c4ccc(OC)cc43)[C@@H]2C)cc1. The van der Waals surface area contributed by atoms with Gasteiger partial charge >= 0.3 is 0 Å². The minimum absolute atomic E-state index is 0.0832. The molecule has 0 aliphatic carbocycles. The summed E-state index contributed by atoms with van der Waals surface area (Å²) < 4.78 is 19.5. The van der Waals surface area contributed by atoms with Crippen LogP contribution in [0.1, 0.15) is 30.0 Å². The van der Waals surface area contributed by atoms with Gasteiger partial charge in [-0.05, 0) is 81.7 Å². The Kier molecular flexibility index (Phi) is 10.7. The van der Waals surface area contributed by atoms with Crippen LogP contribution in [0.4, 0.5) is 5.69 Å². The zero-order valence-corrected chi connectivity index (χ0v) is 32.4. The number of hydrogen-bond acceptors (Lipinski definition) is 6. The number of anilines is 1. The Morgan fingerprint density at radius 2 is 1.60 bits per heavy atom. The Balaban J connectivity index is 1.44. The van der Waals surface area contributed by atoms with Gasteiger partial charge in [0, 0.05) is 28.1 Å². The lowest BCUT2D eigenvalue weighted by Gasteiger charge is -2.37. The standard InChI is InChI=1S/C40H45IN2O6Si/c1-27-38(50(4,5)33-18-15-31(47-2)16-19-33)36(24-37(45)42(21-22-44)25-28-9-7-6-8-10-28)49-40(27)34-23-32(48-3)17-20-35(34)43(39(40)46)26-29-11-13-30(41)14-12-29/h6-20,23,27,36,38,44H,21-22,24-26H2,1-5H3/t27-,36+,38-,40+/m1/s1.